The Balaban J connectivity index is 2.65. The fourth-order valence-electron chi connectivity index (χ4n) is 1.67. The average Bonchev–Trinajstić information content (AvgIpc) is 2.40. The number of nitrogens with one attached hydrogen (secondary N) is 1. The van der Waals surface area contributed by atoms with E-state index in [1.807, 2.05) is 18.9 Å². The van der Waals surface area contributed by atoms with E-state index < -0.39 is 0 Å². The van der Waals surface area contributed by atoms with Crippen LogP contribution in [-0.4, -0.2) is 37.6 Å². The molecule has 0 saturated carbocycles. The molecule has 108 valence electrons. The van der Waals surface area contributed by atoms with Crippen LogP contribution in [-0.2, 0) is 4.79 Å². The van der Waals surface area contributed by atoms with Crippen molar-refractivity contribution < 1.29 is 9.53 Å². The number of hydrogen-bond acceptors (Lipinski definition) is 5. The molecule has 3 N–H and O–H groups in total. The average molecular weight is 276 g/mol. The van der Waals surface area contributed by atoms with E-state index in [-0.39, 0.29) is 18.5 Å². The van der Waals surface area contributed by atoms with Crippen molar-refractivity contribution in [2.24, 2.45) is 0 Å². The number of nitriles is 1. The molecule has 1 rings (SSSR count). The summed E-state index contributed by atoms with van der Waals surface area (Å²) in [6.45, 7) is 2.11. The molecule has 0 aromatic heterocycles. The van der Waals surface area contributed by atoms with E-state index in [0.717, 1.165) is 0 Å². The number of carbonyl (C=O) groups excluding carboxylic acids is 1. The predicted molar refractivity (Wildman–Crippen MR) is 78.4 cm³/mol. The first kappa shape index (κ1) is 15.8. The van der Waals surface area contributed by atoms with E-state index in [0.29, 0.717) is 23.5 Å². The molecule has 0 aliphatic carbocycles. The second-order valence-corrected chi connectivity index (χ2v) is 4.63. The van der Waals surface area contributed by atoms with Gasteiger partial charge in [-0.1, -0.05) is 0 Å². The molecular formula is C14H20N4O2. The van der Waals surface area contributed by atoms with E-state index in [1.165, 1.54) is 7.11 Å². The molecule has 0 bridgehead atoms. The lowest BCUT2D eigenvalue weighted by atomic mass is 10.2. The Hall–Kier alpha value is -2.26. The Labute approximate surface area is 119 Å². The molecule has 6 nitrogen and oxygen atoms in total. The molecule has 1 aromatic carbocycles. The largest absolute Gasteiger partial charge is 0.494 e. The van der Waals surface area contributed by atoms with E-state index >= 15 is 0 Å². The van der Waals surface area contributed by atoms with Crippen LogP contribution in [0, 0.1) is 11.3 Å². The molecule has 0 aliphatic rings. The predicted octanol–water partition coefficient (Wildman–Crippen LogP) is 1.45. The quantitative estimate of drug-likeness (QED) is 0.767. The molecular weight excluding hydrogens is 256 g/mol. The minimum atomic E-state index is -0.166. The van der Waals surface area contributed by atoms with Crippen LogP contribution in [0.25, 0.3) is 0 Å². The van der Waals surface area contributed by atoms with Gasteiger partial charge >= 0.3 is 0 Å². The van der Waals surface area contributed by atoms with Gasteiger partial charge in [-0.05, 0) is 26.1 Å². The molecule has 0 fully saturated rings. The standard InChI is InChI=1S/C14H20N4O2/c1-10(6-7-15)18(2)9-14(19)17-12-5-4-11(16)8-13(12)20-3/h4-5,8,10H,6,9,16H2,1-3H3,(H,17,19). The van der Waals surface area contributed by atoms with Crippen molar-refractivity contribution in [3.8, 4) is 11.8 Å². The van der Waals surface area contributed by atoms with Gasteiger partial charge in [-0.25, -0.2) is 0 Å². The first-order valence-corrected chi connectivity index (χ1v) is 6.28. The minimum absolute atomic E-state index is 0.0269. The van der Waals surface area contributed by atoms with Gasteiger partial charge in [-0.2, -0.15) is 5.26 Å². The summed E-state index contributed by atoms with van der Waals surface area (Å²) < 4.78 is 5.17. The Morgan fingerprint density at radius 2 is 2.30 bits per heavy atom. The van der Waals surface area contributed by atoms with Crippen LogP contribution in [0.2, 0.25) is 0 Å². The zero-order chi connectivity index (χ0) is 15.1. The van der Waals surface area contributed by atoms with Gasteiger partial charge in [0.25, 0.3) is 0 Å². The normalized spacial score (nSPS) is 11.8. The van der Waals surface area contributed by atoms with Crippen molar-refractivity contribution in [3.63, 3.8) is 0 Å². The first-order chi connectivity index (χ1) is 9.47. The molecule has 1 atom stereocenters. The van der Waals surface area contributed by atoms with E-state index in [2.05, 4.69) is 11.4 Å². The number of ether oxygens (including phenoxy) is 1. The second kappa shape index (κ2) is 7.36. The fraction of sp³-hybridized carbons (Fsp3) is 0.429. The van der Waals surface area contributed by atoms with Gasteiger partial charge in [0.2, 0.25) is 5.91 Å². The van der Waals surface area contributed by atoms with Gasteiger partial charge in [0.15, 0.2) is 0 Å². The van der Waals surface area contributed by atoms with Crippen LogP contribution < -0.4 is 15.8 Å². The number of benzene rings is 1. The van der Waals surface area contributed by atoms with Gasteiger partial charge in [0, 0.05) is 17.8 Å². The van der Waals surface area contributed by atoms with Crippen molar-refractivity contribution >= 4 is 17.3 Å². The van der Waals surface area contributed by atoms with Gasteiger partial charge < -0.3 is 15.8 Å². The van der Waals surface area contributed by atoms with Crippen molar-refractivity contribution in [2.45, 2.75) is 19.4 Å². The number of nitrogens with two attached hydrogens (primary N) is 1. The monoisotopic (exact) mass is 276 g/mol. The lowest BCUT2D eigenvalue weighted by Crippen LogP contribution is -2.36. The van der Waals surface area contributed by atoms with Crippen LogP contribution in [0.4, 0.5) is 11.4 Å². The number of nitrogen functional groups attached to an aromatic ring is 1. The smallest absolute Gasteiger partial charge is 0.238 e. The lowest BCUT2D eigenvalue weighted by molar-refractivity contribution is -0.117. The maximum absolute atomic E-state index is 12.0. The summed E-state index contributed by atoms with van der Waals surface area (Å²) in [4.78, 5) is 13.8. The van der Waals surface area contributed by atoms with Crippen LogP contribution in [0.1, 0.15) is 13.3 Å². The van der Waals surface area contributed by atoms with E-state index in [1.54, 1.807) is 18.2 Å². The molecule has 1 unspecified atom stereocenters. The second-order valence-electron chi connectivity index (χ2n) is 4.63. The molecule has 0 spiro atoms. The Morgan fingerprint density at radius 1 is 1.60 bits per heavy atom. The van der Waals surface area contributed by atoms with Gasteiger partial charge in [0.05, 0.1) is 31.8 Å². The molecule has 20 heavy (non-hydrogen) atoms. The summed E-state index contributed by atoms with van der Waals surface area (Å²) >= 11 is 0. The number of amides is 1. The maximum atomic E-state index is 12.0. The summed E-state index contributed by atoms with van der Waals surface area (Å²) in [7, 11) is 3.33. The number of carbonyl (C=O) groups is 1. The summed E-state index contributed by atoms with van der Waals surface area (Å²) in [5, 5.41) is 11.4. The van der Waals surface area contributed by atoms with Gasteiger partial charge in [-0.3, -0.25) is 9.69 Å². The van der Waals surface area contributed by atoms with Crippen molar-refractivity contribution in [2.75, 3.05) is 31.8 Å². The summed E-state index contributed by atoms with van der Waals surface area (Å²) in [5.74, 6) is 0.353. The van der Waals surface area contributed by atoms with Crippen LogP contribution >= 0.6 is 0 Å². The minimum Gasteiger partial charge on any atom is -0.494 e. The molecule has 6 heteroatoms. The summed E-state index contributed by atoms with van der Waals surface area (Å²) in [6.07, 6.45) is 0.384. The zero-order valence-electron chi connectivity index (χ0n) is 12.0. The Morgan fingerprint density at radius 3 is 2.90 bits per heavy atom. The number of methoxy groups -OCH3 is 1. The molecule has 0 radical (unpaired) electrons. The van der Waals surface area contributed by atoms with Crippen LogP contribution in [0.3, 0.4) is 0 Å². The Kier molecular flexibility index (Phi) is 5.81. The highest BCUT2D eigenvalue weighted by molar-refractivity contribution is 5.94. The topological polar surface area (TPSA) is 91.4 Å². The number of likely N-dealkylation sites (N-methyl/N-ethyl adjacent to an activating group) is 1. The van der Waals surface area contributed by atoms with Gasteiger partial charge in [-0.15, -0.1) is 0 Å². The van der Waals surface area contributed by atoms with Crippen molar-refractivity contribution in [1.29, 1.82) is 5.26 Å². The molecule has 0 aliphatic heterocycles. The first-order valence-electron chi connectivity index (χ1n) is 6.28. The molecule has 0 heterocycles. The maximum Gasteiger partial charge on any atom is 0.238 e. The summed E-state index contributed by atoms with van der Waals surface area (Å²) in [6, 6.07) is 7.16. The third kappa shape index (κ3) is 4.44. The van der Waals surface area contributed by atoms with Crippen LogP contribution in [0.5, 0.6) is 5.75 Å². The highest BCUT2D eigenvalue weighted by atomic mass is 16.5. The van der Waals surface area contributed by atoms with Crippen molar-refractivity contribution in [1.82, 2.24) is 4.90 Å². The number of anilines is 2. The number of hydrogen-bond donors (Lipinski definition) is 2. The van der Waals surface area contributed by atoms with E-state index in [9.17, 15) is 4.79 Å². The molecule has 0 saturated heterocycles. The highest BCUT2D eigenvalue weighted by Crippen LogP contribution is 2.26. The lowest BCUT2D eigenvalue weighted by Gasteiger charge is -2.22. The molecule has 1 aromatic rings. The molecule has 1 amide bonds. The Bertz CT molecular complexity index is 510. The van der Waals surface area contributed by atoms with Crippen LogP contribution in [0.15, 0.2) is 18.2 Å². The SMILES string of the molecule is COc1cc(N)ccc1NC(=O)CN(C)C(C)CC#N. The van der Waals surface area contributed by atoms with E-state index in [4.69, 9.17) is 15.7 Å². The number of rotatable bonds is 6. The van der Waals surface area contributed by atoms with Gasteiger partial charge in [0.1, 0.15) is 5.75 Å². The third-order valence-corrected chi connectivity index (χ3v) is 3.03. The highest BCUT2D eigenvalue weighted by Gasteiger charge is 2.14. The zero-order valence-corrected chi connectivity index (χ0v) is 12.0. The van der Waals surface area contributed by atoms with Crippen molar-refractivity contribution in [3.05, 3.63) is 18.2 Å². The third-order valence-electron chi connectivity index (χ3n) is 3.03. The fourth-order valence-corrected chi connectivity index (χ4v) is 1.67. The number of nitrogens with zero attached hydrogens (tertiary/aromatic N) is 2. The summed E-state index contributed by atoms with van der Waals surface area (Å²) in [5.41, 5.74) is 6.80.